The van der Waals surface area contributed by atoms with E-state index < -0.39 is 0 Å². The molecule has 1 fully saturated rings. The number of nitrogens with zero attached hydrogens (tertiary/aromatic N) is 1. The molecule has 1 aliphatic heterocycles. The number of urea groups is 1. The van der Waals surface area contributed by atoms with Gasteiger partial charge in [-0.25, -0.2) is 4.79 Å². The molecular weight excluding hydrogens is 344 g/mol. The number of carbonyl (C=O) groups is 2. The lowest BCUT2D eigenvalue weighted by atomic mass is 10.0. The van der Waals surface area contributed by atoms with Crippen molar-refractivity contribution in [2.24, 2.45) is 5.92 Å². The van der Waals surface area contributed by atoms with Gasteiger partial charge in [-0.1, -0.05) is 30.4 Å². The van der Waals surface area contributed by atoms with E-state index in [-0.39, 0.29) is 35.0 Å². The summed E-state index contributed by atoms with van der Waals surface area (Å²) in [5.74, 6) is -0.146. The second-order valence-corrected chi connectivity index (χ2v) is 7.00. The highest BCUT2D eigenvalue weighted by atomic mass is 16.3. The minimum absolute atomic E-state index is 0.118. The van der Waals surface area contributed by atoms with Crippen molar-refractivity contribution in [3.05, 3.63) is 48.1 Å². The number of aromatic hydroxyl groups is 1. The van der Waals surface area contributed by atoms with E-state index in [9.17, 15) is 14.7 Å². The van der Waals surface area contributed by atoms with Crippen LogP contribution in [0.1, 0.15) is 29.6 Å². The number of amides is 3. The molecule has 144 valence electrons. The third-order valence-corrected chi connectivity index (χ3v) is 4.94. The molecule has 3 rings (SSSR count). The van der Waals surface area contributed by atoms with E-state index >= 15 is 0 Å². The number of nitrogen functional groups attached to an aromatic ring is 1. The number of phenols is 1. The van der Waals surface area contributed by atoms with Crippen molar-refractivity contribution in [3.8, 4) is 5.75 Å². The Labute approximate surface area is 158 Å². The molecule has 0 aromatic heterocycles. The Kier molecular flexibility index (Phi) is 6.01. The van der Waals surface area contributed by atoms with Crippen molar-refractivity contribution in [3.63, 3.8) is 0 Å². The minimum Gasteiger partial charge on any atom is -0.505 e. The monoisotopic (exact) mass is 370 g/mol. The van der Waals surface area contributed by atoms with Gasteiger partial charge in [-0.2, -0.15) is 0 Å². The summed E-state index contributed by atoms with van der Waals surface area (Å²) in [5, 5.41) is 15.9. The minimum atomic E-state index is -0.272. The van der Waals surface area contributed by atoms with Crippen LogP contribution in [0.25, 0.3) is 0 Å². The first-order valence-corrected chi connectivity index (χ1v) is 9.29. The van der Waals surface area contributed by atoms with Crippen LogP contribution in [0.3, 0.4) is 0 Å². The number of likely N-dealkylation sites (tertiary alicyclic amines) is 1. The Hall–Kier alpha value is -2.96. The van der Waals surface area contributed by atoms with Crippen LogP contribution in [-0.2, 0) is 0 Å². The quantitative estimate of drug-likeness (QED) is 0.480. The summed E-state index contributed by atoms with van der Waals surface area (Å²) in [6.45, 7) is 1.58. The van der Waals surface area contributed by atoms with E-state index in [1.807, 2.05) is 12.2 Å². The van der Waals surface area contributed by atoms with Crippen molar-refractivity contribution in [2.45, 2.75) is 25.3 Å². The summed E-state index contributed by atoms with van der Waals surface area (Å²) in [4.78, 5) is 26.5. The van der Waals surface area contributed by atoms with E-state index in [1.54, 1.807) is 23.1 Å². The molecule has 0 spiro atoms. The van der Waals surface area contributed by atoms with Gasteiger partial charge in [-0.3, -0.25) is 4.79 Å². The summed E-state index contributed by atoms with van der Waals surface area (Å²) in [6.07, 6.45) is 10.7. The van der Waals surface area contributed by atoms with Gasteiger partial charge < -0.3 is 26.4 Å². The number of nitrogens with one attached hydrogen (secondary N) is 2. The first-order chi connectivity index (χ1) is 13.0. The lowest BCUT2D eigenvalue weighted by molar-refractivity contribution is 0.0694. The van der Waals surface area contributed by atoms with Crippen LogP contribution in [-0.4, -0.2) is 47.6 Å². The number of nitrogens with two attached hydrogens (primary N) is 1. The van der Waals surface area contributed by atoms with E-state index in [4.69, 9.17) is 5.73 Å². The summed E-state index contributed by atoms with van der Waals surface area (Å²) < 4.78 is 0. The highest BCUT2D eigenvalue weighted by Gasteiger charge is 2.27. The molecular formula is C20H26N4O3. The Morgan fingerprint density at radius 3 is 2.93 bits per heavy atom. The van der Waals surface area contributed by atoms with Gasteiger partial charge >= 0.3 is 6.03 Å². The Balaban J connectivity index is 1.52. The topological polar surface area (TPSA) is 108 Å². The van der Waals surface area contributed by atoms with Gasteiger partial charge in [-0.05, 0) is 37.3 Å². The average molecular weight is 370 g/mol. The van der Waals surface area contributed by atoms with Crippen LogP contribution in [0, 0.1) is 5.92 Å². The van der Waals surface area contributed by atoms with Gasteiger partial charge in [0.05, 0.1) is 11.3 Å². The molecule has 3 amide bonds. The van der Waals surface area contributed by atoms with E-state index in [2.05, 4.69) is 22.8 Å². The second-order valence-electron chi connectivity index (χ2n) is 7.00. The summed E-state index contributed by atoms with van der Waals surface area (Å²) in [6, 6.07) is 4.42. The van der Waals surface area contributed by atoms with Crippen LogP contribution >= 0.6 is 0 Å². The van der Waals surface area contributed by atoms with Crippen molar-refractivity contribution in [1.29, 1.82) is 0 Å². The molecule has 1 heterocycles. The molecule has 2 atom stereocenters. The number of carbonyl (C=O) groups excluding carboxylic acids is 2. The fourth-order valence-corrected chi connectivity index (χ4v) is 3.43. The van der Waals surface area contributed by atoms with Crippen LogP contribution in [0.5, 0.6) is 5.75 Å². The maximum Gasteiger partial charge on any atom is 0.315 e. The average Bonchev–Trinajstić information content (AvgIpc) is 2.69. The molecule has 1 aromatic rings. The number of hydrogen-bond acceptors (Lipinski definition) is 4. The molecule has 1 aliphatic carbocycles. The number of hydrogen-bond donors (Lipinski definition) is 4. The molecule has 0 bridgehead atoms. The van der Waals surface area contributed by atoms with Crippen molar-refractivity contribution >= 4 is 17.6 Å². The molecule has 7 heteroatoms. The van der Waals surface area contributed by atoms with Crippen LogP contribution in [0.2, 0.25) is 0 Å². The summed E-state index contributed by atoms with van der Waals surface area (Å²) in [7, 11) is 0. The zero-order valence-electron chi connectivity index (χ0n) is 15.2. The smallest absolute Gasteiger partial charge is 0.315 e. The van der Waals surface area contributed by atoms with E-state index in [1.165, 1.54) is 0 Å². The molecule has 5 N–H and O–H groups in total. The standard InChI is InChI=1S/C20H26N4O3/c21-17-10-4-9-16(18(17)25)19(26)24-11-5-8-15(13-24)23-20(27)22-12-14-6-2-1-3-7-14/h1-4,6,9-10,14-15,25H,5,7-8,11-13,21H2,(H2,22,23,27). The molecule has 0 saturated carbocycles. The highest BCUT2D eigenvalue weighted by molar-refractivity contribution is 5.98. The lowest BCUT2D eigenvalue weighted by Crippen LogP contribution is -2.52. The largest absolute Gasteiger partial charge is 0.505 e. The number of phenolic OH excluding ortho intramolecular Hbond substituents is 1. The highest BCUT2D eigenvalue weighted by Crippen LogP contribution is 2.26. The number of anilines is 1. The maximum atomic E-state index is 12.7. The third-order valence-electron chi connectivity index (χ3n) is 4.94. The third kappa shape index (κ3) is 4.81. The van der Waals surface area contributed by atoms with E-state index in [0.717, 1.165) is 19.3 Å². The van der Waals surface area contributed by atoms with E-state index in [0.29, 0.717) is 25.6 Å². The molecule has 1 saturated heterocycles. The van der Waals surface area contributed by atoms with Gasteiger partial charge in [0.1, 0.15) is 0 Å². The Bertz CT molecular complexity index is 760. The summed E-state index contributed by atoms with van der Waals surface area (Å²) in [5.41, 5.74) is 6.05. The molecule has 27 heavy (non-hydrogen) atoms. The zero-order valence-corrected chi connectivity index (χ0v) is 15.2. The molecule has 2 aliphatic rings. The number of allylic oxidation sites excluding steroid dienone is 3. The van der Waals surface area contributed by atoms with Gasteiger partial charge in [0.15, 0.2) is 5.75 Å². The fourth-order valence-electron chi connectivity index (χ4n) is 3.43. The molecule has 1 aromatic carbocycles. The van der Waals surface area contributed by atoms with Gasteiger partial charge in [0.2, 0.25) is 0 Å². The predicted octanol–water partition coefficient (Wildman–Crippen LogP) is 2.01. The van der Waals surface area contributed by atoms with Crippen LogP contribution in [0.4, 0.5) is 10.5 Å². The summed E-state index contributed by atoms with van der Waals surface area (Å²) >= 11 is 0. The fraction of sp³-hybridized carbons (Fsp3) is 0.400. The number of para-hydroxylation sites is 1. The normalized spacial score (nSPS) is 21.7. The second kappa shape index (κ2) is 8.62. The van der Waals surface area contributed by atoms with Crippen molar-refractivity contribution in [2.75, 3.05) is 25.4 Å². The SMILES string of the molecule is Nc1cccc(C(=O)N2CCCC(NC(=O)NCC3C=CC=CC3)C2)c1O. The predicted molar refractivity (Wildman–Crippen MR) is 104 cm³/mol. The zero-order chi connectivity index (χ0) is 19.2. The first kappa shape index (κ1) is 18.8. The lowest BCUT2D eigenvalue weighted by Gasteiger charge is -2.33. The Morgan fingerprint density at radius 2 is 2.15 bits per heavy atom. The number of benzene rings is 1. The maximum absolute atomic E-state index is 12.7. The van der Waals surface area contributed by atoms with Gasteiger partial charge in [0, 0.05) is 25.7 Å². The number of piperidine rings is 1. The van der Waals surface area contributed by atoms with Crippen LogP contribution in [0.15, 0.2) is 42.5 Å². The van der Waals surface area contributed by atoms with Crippen molar-refractivity contribution in [1.82, 2.24) is 15.5 Å². The van der Waals surface area contributed by atoms with Crippen LogP contribution < -0.4 is 16.4 Å². The molecule has 2 unspecified atom stereocenters. The van der Waals surface area contributed by atoms with Gasteiger partial charge in [-0.15, -0.1) is 0 Å². The number of rotatable bonds is 4. The van der Waals surface area contributed by atoms with Gasteiger partial charge in [0.25, 0.3) is 5.91 Å². The first-order valence-electron chi connectivity index (χ1n) is 9.29. The van der Waals surface area contributed by atoms with Crippen molar-refractivity contribution < 1.29 is 14.7 Å². The Morgan fingerprint density at radius 1 is 1.30 bits per heavy atom. The molecule has 7 nitrogen and oxygen atoms in total. The molecule has 0 radical (unpaired) electrons.